The van der Waals surface area contributed by atoms with E-state index in [1.165, 1.54) is 0 Å². The lowest BCUT2D eigenvalue weighted by Gasteiger charge is -2.25. The standard InChI is InChI=1S/C16H22N4O/c1-16(2,3)18-14(21)10-20-13-7-5-4-6-12(13)15(19-20)11-8-17-9-11/h4-7,11,17H,8-10H2,1-3H3,(H,18,21). The van der Waals surface area contributed by atoms with E-state index in [0.717, 1.165) is 29.7 Å². The topological polar surface area (TPSA) is 59.0 Å². The van der Waals surface area contributed by atoms with Crippen LogP contribution in [0.4, 0.5) is 0 Å². The van der Waals surface area contributed by atoms with Gasteiger partial charge in [0.15, 0.2) is 0 Å². The minimum atomic E-state index is -0.221. The molecule has 0 saturated carbocycles. The van der Waals surface area contributed by atoms with E-state index in [0.29, 0.717) is 5.92 Å². The highest BCUT2D eigenvalue weighted by Gasteiger charge is 2.25. The second-order valence-electron chi connectivity index (χ2n) is 6.71. The molecule has 1 aromatic carbocycles. The van der Waals surface area contributed by atoms with E-state index in [9.17, 15) is 4.79 Å². The number of hydrogen-bond acceptors (Lipinski definition) is 3. The molecule has 0 atom stereocenters. The maximum absolute atomic E-state index is 12.2. The summed E-state index contributed by atoms with van der Waals surface area (Å²) in [5.74, 6) is 0.455. The fourth-order valence-corrected chi connectivity index (χ4v) is 2.65. The molecule has 112 valence electrons. The van der Waals surface area contributed by atoms with E-state index >= 15 is 0 Å². The normalized spacial score (nSPS) is 16.0. The summed E-state index contributed by atoms with van der Waals surface area (Å²) >= 11 is 0. The molecule has 2 heterocycles. The fourth-order valence-electron chi connectivity index (χ4n) is 2.65. The minimum absolute atomic E-state index is 0.00552. The molecule has 1 aliphatic heterocycles. The van der Waals surface area contributed by atoms with Crippen molar-refractivity contribution in [2.24, 2.45) is 0 Å². The molecule has 2 N–H and O–H groups in total. The Balaban J connectivity index is 1.90. The number of carbonyl (C=O) groups is 1. The number of benzene rings is 1. The highest BCUT2D eigenvalue weighted by molar-refractivity contribution is 5.85. The van der Waals surface area contributed by atoms with Crippen molar-refractivity contribution in [2.45, 2.75) is 38.8 Å². The van der Waals surface area contributed by atoms with Gasteiger partial charge in [-0.25, -0.2) is 0 Å². The summed E-state index contributed by atoms with van der Waals surface area (Å²) in [6.45, 7) is 8.15. The molecule has 3 rings (SSSR count). The summed E-state index contributed by atoms with van der Waals surface area (Å²) < 4.78 is 1.82. The van der Waals surface area contributed by atoms with Crippen LogP contribution in [0.25, 0.3) is 10.9 Å². The molecule has 1 amide bonds. The third kappa shape index (κ3) is 2.93. The zero-order chi connectivity index (χ0) is 15.0. The second kappa shape index (κ2) is 5.15. The van der Waals surface area contributed by atoms with Crippen LogP contribution in [0.15, 0.2) is 24.3 Å². The smallest absolute Gasteiger partial charge is 0.242 e. The first-order chi connectivity index (χ1) is 9.94. The highest BCUT2D eigenvalue weighted by Crippen LogP contribution is 2.27. The molecule has 1 aromatic heterocycles. The number of para-hydroxylation sites is 1. The Morgan fingerprint density at radius 2 is 2.10 bits per heavy atom. The van der Waals surface area contributed by atoms with Crippen LogP contribution < -0.4 is 10.6 Å². The van der Waals surface area contributed by atoms with Gasteiger partial charge in [0.25, 0.3) is 0 Å². The van der Waals surface area contributed by atoms with Gasteiger partial charge in [0.2, 0.25) is 5.91 Å². The molecule has 5 nitrogen and oxygen atoms in total. The monoisotopic (exact) mass is 286 g/mol. The predicted octanol–water partition coefficient (Wildman–Crippen LogP) is 1.64. The van der Waals surface area contributed by atoms with Crippen LogP contribution >= 0.6 is 0 Å². The number of aromatic nitrogens is 2. The van der Waals surface area contributed by atoms with Gasteiger partial charge in [0.1, 0.15) is 6.54 Å². The van der Waals surface area contributed by atoms with Gasteiger partial charge in [-0.05, 0) is 26.8 Å². The largest absolute Gasteiger partial charge is 0.350 e. The lowest BCUT2D eigenvalue weighted by atomic mass is 9.97. The number of nitrogens with one attached hydrogen (secondary N) is 2. The first kappa shape index (κ1) is 14.1. The summed E-state index contributed by atoms with van der Waals surface area (Å²) in [4.78, 5) is 12.2. The van der Waals surface area contributed by atoms with Crippen LogP contribution in [0, 0.1) is 0 Å². The first-order valence-corrected chi connectivity index (χ1v) is 7.41. The molecule has 0 bridgehead atoms. The molecule has 2 aromatic rings. The number of carbonyl (C=O) groups excluding carboxylic acids is 1. The van der Waals surface area contributed by atoms with Gasteiger partial charge in [-0.1, -0.05) is 18.2 Å². The van der Waals surface area contributed by atoms with Crippen LogP contribution in [0.5, 0.6) is 0 Å². The van der Waals surface area contributed by atoms with E-state index in [4.69, 9.17) is 5.10 Å². The summed E-state index contributed by atoms with van der Waals surface area (Å²) in [5, 5.41) is 12.1. The molecule has 5 heteroatoms. The van der Waals surface area contributed by atoms with Gasteiger partial charge in [0.05, 0.1) is 11.2 Å². The number of hydrogen-bond donors (Lipinski definition) is 2. The first-order valence-electron chi connectivity index (χ1n) is 7.41. The molecule has 1 fully saturated rings. The summed E-state index contributed by atoms with van der Waals surface area (Å²) in [6.07, 6.45) is 0. The SMILES string of the molecule is CC(C)(C)NC(=O)Cn1nc(C2CNC2)c2ccccc21. The number of rotatable bonds is 3. The fraction of sp³-hybridized carbons (Fsp3) is 0.500. The highest BCUT2D eigenvalue weighted by atomic mass is 16.2. The Morgan fingerprint density at radius 1 is 1.38 bits per heavy atom. The van der Waals surface area contributed by atoms with Gasteiger partial charge in [-0.2, -0.15) is 5.10 Å². The number of fused-ring (bicyclic) bond motifs is 1. The van der Waals surface area contributed by atoms with Crippen molar-refractivity contribution < 1.29 is 4.79 Å². The predicted molar refractivity (Wildman–Crippen MR) is 83.2 cm³/mol. The summed E-state index contributed by atoms with van der Waals surface area (Å²) in [6, 6.07) is 8.14. The Hall–Kier alpha value is -1.88. The van der Waals surface area contributed by atoms with Crippen LogP contribution in [0.1, 0.15) is 32.4 Å². The average Bonchev–Trinajstić information content (AvgIpc) is 2.64. The Morgan fingerprint density at radius 3 is 2.71 bits per heavy atom. The molecule has 0 aliphatic carbocycles. The van der Waals surface area contributed by atoms with E-state index in [1.54, 1.807) is 0 Å². The van der Waals surface area contributed by atoms with Crippen molar-refractivity contribution in [1.29, 1.82) is 0 Å². The Labute approximate surface area is 124 Å². The maximum atomic E-state index is 12.2. The molecular formula is C16H22N4O. The van der Waals surface area contributed by atoms with Gasteiger partial charge in [-0.15, -0.1) is 0 Å². The molecule has 0 spiro atoms. The molecule has 1 aliphatic rings. The Bertz CT molecular complexity index is 664. The third-order valence-electron chi connectivity index (χ3n) is 3.66. The Kier molecular flexibility index (Phi) is 3.45. The van der Waals surface area contributed by atoms with Crippen LogP contribution in [-0.2, 0) is 11.3 Å². The van der Waals surface area contributed by atoms with Crippen molar-refractivity contribution >= 4 is 16.8 Å². The van der Waals surface area contributed by atoms with Gasteiger partial charge >= 0.3 is 0 Å². The van der Waals surface area contributed by atoms with Crippen LogP contribution in [0.2, 0.25) is 0 Å². The van der Waals surface area contributed by atoms with Crippen molar-refractivity contribution in [1.82, 2.24) is 20.4 Å². The maximum Gasteiger partial charge on any atom is 0.242 e. The molecule has 0 radical (unpaired) electrons. The van der Waals surface area contributed by atoms with Gasteiger partial charge in [0, 0.05) is 29.9 Å². The van der Waals surface area contributed by atoms with E-state index in [-0.39, 0.29) is 18.0 Å². The number of nitrogens with zero attached hydrogens (tertiary/aromatic N) is 2. The summed E-state index contributed by atoms with van der Waals surface area (Å²) in [7, 11) is 0. The van der Waals surface area contributed by atoms with E-state index in [1.807, 2.05) is 43.7 Å². The molecular weight excluding hydrogens is 264 g/mol. The molecule has 21 heavy (non-hydrogen) atoms. The number of amides is 1. The van der Waals surface area contributed by atoms with Crippen LogP contribution in [-0.4, -0.2) is 34.3 Å². The van der Waals surface area contributed by atoms with E-state index < -0.39 is 0 Å². The van der Waals surface area contributed by atoms with Crippen molar-refractivity contribution in [3.8, 4) is 0 Å². The lowest BCUT2D eigenvalue weighted by Crippen LogP contribution is -2.42. The average molecular weight is 286 g/mol. The van der Waals surface area contributed by atoms with Crippen LogP contribution in [0.3, 0.4) is 0 Å². The van der Waals surface area contributed by atoms with Gasteiger partial charge < -0.3 is 10.6 Å². The summed E-state index contributed by atoms with van der Waals surface area (Å²) in [5.41, 5.74) is 1.91. The lowest BCUT2D eigenvalue weighted by molar-refractivity contribution is -0.123. The third-order valence-corrected chi connectivity index (χ3v) is 3.66. The second-order valence-corrected chi connectivity index (χ2v) is 6.71. The zero-order valence-electron chi connectivity index (χ0n) is 12.8. The molecule has 1 saturated heterocycles. The molecule has 0 unspecified atom stereocenters. The van der Waals surface area contributed by atoms with E-state index in [2.05, 4.69) is 16.7 Å². The zero-order valence-corrected chi connectivity index (χ0v) is 12.8. The van der Waals surface area contributed by atoms with Crippen molar-refractivity contribution in [2.75, 3.05) is 13.1 Å². The van der Waals surface area contributed by atoms with Gasteiger partial charge in [-0.3, -0.25) is 9.48 Å². The van der Waals surface area contributed by atoms with Crippen molar-refractivity contribution in [3.05, 3.63) is 30.0 Å². The quantitative estimate of drug-likeness (QED) is 0.902. The minimum Gasteiger partial charge on any atom is -0.350 e. The van der Waals surface area contributed by atoms with Crippen molar-refractivity contribution in [3.63, 3.8) is 0 Å².